The number of quaternary nitrogens is 1. The molecular weight excluding hydrogens is 194 g/mol. The topological polar surface area (TPSA) is 60.7 Å². The Kier molecular flexibility index (Phi) is 8.61. The fourth-order valence-electron chi connectivity index (χ4n) is 1.91. The van der Waals surface area contributed by atoms with Crippen LogP contribution < -0.4 is 0 Å². The fraction of sp³-hybridized carbons (Fsp3) is 0.818. The Morgan fingerprint density at radius 1 is 0.867 bits per heavy atom. The summed E-state index contributed by atoms with van der Waals surface area (Å²) >= 11 is 0. The van der Waals surface area contributed by atoms with E-state index in [-0.39, 0.29) is 19.8 Å². The first-order valence-electron chi connectivity index (χ1n) is 5.53. The Morgan fingerprint density at radius 2 is 1.40 bits per heavy atom. The predicted molar refractivity (Wildman–Crippen MR) is 60.4 cm³/mol. The molecule has 0 aromatic carbocycles. The summed E-state index contributed by atoms with van der Waals surface area (Å²) in [4.78, 5) is 0. The van der Waals surface area contributed by atoms with Gasteiger partial charge in [0.25, 0.3) is 0 Å². The molecular formula is C11H24NO3+. The van der Waals surface area contributed by atoms with Gasteiger partial charge in [-0.05, 0) is 6.08 Å². The third-order valence-electron chi connectivity index (χ3n) is 2.67. The summed E-state index contributed by atoms with van der Waals surface area (Å²) in [5.41, 5.74) is 0. The predicted octanol–water partition coefficient (Wildman–Crippen LogP) is -0.254. The maximum absolute atomic E-state index is 9.05. The van der Waals surface area contributed by atoms with Crippen molar-refractivity contribution < 1.29 is 19.8 Å². The van der Waals surface area contributed by atoms with Crippen LogP contribution in [0.2, 0.25) is 0 Å². The van der Waals surface area contributed by atoms with E-state index >= 15 is 0 Å². The van der Waals surface area contributed by atoms with Gasteiger partial charge >= 0.3 is 0 Å². The van der Waals surface area contributed by atoms with Crippen molar-refractivity contribution in [3.8, 4) is 0 Å². The van der Waals surface area contributed by atoms with Crippen molar-refractivity contribution >= 4 is 0 Å². The van der Waals surface area contributed by atoms with Gasteiger partial charge in [-0.25, -0.2) is 0 Å². The van der Waals surface area contributed by atoms with E-state index in [1.54, 1.807) is 0 Å². The summed E-state index contributed by atoms with van der Waals surface area (Å²) in [6.45, 7) is 7.27. The van der Waals surface area contributed by atoms with Crippen molar-refractivity contribution in [3.63, 3.8) is 0 Å². The normalized spacial score (nSPS) is 11.7. The molecule has 0 saturated heterocycles. The number of aliphatic hydroxyl groups is 3. The highest BCUT2D eigenvalue weighted by Crippen LogP contribution is 2.09. The van der Waals surface area contributed by atoms with Crippen LogP contribution >= 0.6 is 0 Å². The van der Waals surface area contributed by atoms with E-state index in [4.69, 9.17) is 15.3 Å². The van der Waals surface area contributed by atoms with Gasteiger partial charge in [-0.1, -0.05) is 6.58 Å². The molecule has 0 amide bonds. The summed E-state index contributed by atoms with van der Waals surface area (Å²) in [5.74, 6) is 0. The molecule has 0 unspecified atom stereocenters. The first-order chi connectivity index (χ1) is 7.24. The summed E-state index contributed by atoms with van der Waals surface area (Å²) < 4.78 is 0.709. The Hall–Kier alpha value is -0.420. The van der Waals surface area contributed by atoms with E-state index in [0.29, 0.717) is 11.0 Å². The van der Waals surface area contributed by atoms with E-state index in [2.05, 4.69) is 6.58 Å². The van der Waals surface area contributed by atoms with Gasteiger partial charge in [0.05, 0.1) is 26.2 Å². The molecule has 0 aliphatic heterocycles. The SMILES string of the molecule is C=CC[N+](CCO)(CCCO)CCCO. The molecule has 0 atom stereocenters. The molecule has 0 rings (SSSR count). The molecule has 4 heteroatoms. The van der Waals surface area contributed by atoms with Gasteiger partial charge in [0.2, 0.25) is 0 Å². The van der Waals surface area contributed by atoms with Crippen LogP contribution in [0, 0.1) is 0 Å². The highest BCUT2D eigenvalue weighted by molar-refractivity contribution is 4.66. The molecule has 0 aromatic heterocycles. The van der Waals surface area contributed by atoms with Crippen LogP contribution in [-0.4, -0.2) is 65.8 Å². The number of nitrogens with zero attached hydrogens (tertiary/aromatic N) is 1. The molecule has 4 nitrogen and oxygen atoms in total. The molecule has 3 N–H and O–H groups in total. The smallest absolute Gasteiger partial charge is 0.102 e. The second kappa shape index (κ2) is 8.85. The number of rotatable bonds is 10. The van der Waals surface area contributed by atoms with Crippen LogP contribution in [0.4, 0.5) is 0 Å². The third-order valence-corrected chi connectivity index (χ3v) is 2.67. The lowest BCUT2D eigenvalue weighted by atomic mass is 10.2. The van der Waals surface area contributed by atoms with Crippen LogP contribution in [0.15, 0.2) is 12.7 Å². The molecule has 0 aliphatic carbocycles. The van der Waals surface area contributed by atoms with Gasteiger partial charge in [0.1, 0.15) is 6.54 Å². The largest absolute Gasteiger partial charge is 0.396 e. The number of hydrogen-bond acceptors (Lipinski definition) is 3. The highest BCUT2D eigenvalue weighted by Gasteiger charge is 2.24. The van der Waals surface area contributed by atoms with Crippen LogP contribution in [0.1, 0.15) is 12.8 Å². The van der Waals surface area contributed by atoms with Gasteiger partial charge in [0, 0.05) is 26.1 Å². The fourth-order valence-corrected chi connectivity index (χ4v) is 1.91. The van der Waals surface area contributed by atoms with Crippen LogP contribution in [0.3, 0.4) is 0 Å². The number of hydrogen-bond donors (Lipinski definition) is 3. The molecule has 90 valence electrons. The summed E-state index contributed by atoms with van der Waals surface area (Å²) in [6.07, 6.45) is 3.28. The highest BCUT2D eigenvalue weighted by atomic mass is 16.3. The molecule has 0 saturated carbocycles. The lowest BCUT2D eigenvalue weighted by molar-refractivity contribution is -0.923. The zero-order valence-corrected chi connectivity index (χ0v) is 9.44. The Morgan fingerprint density at radius 3 is 1.73 bits per heavy atom. The molecule has 0 aliphatic rings. The summed E-state index contributed by atoms with van der Waals surface area (Å²) in [5, 5.41) is 26.7. The quantitative estimate of drug-likeness (QED) is 0.350. The standard InChI is InChI=1S/C11H24NO3/c1-2-5-12(8-11-15,6-3-9-13)7-4-10-14/h2,13-15H,1,3-11H2/q+1. The van der Waals surface area contributed by atoms with Crippen molar-refractivity contribution in [1.29, 1.82) is 0 Å². The lowest BCUT2D eigenvalue weighted by Crippen LogP contribution is -2.51. The number of aliphatic hydroxyl groups excluding tert-OH is 3. The molecule has 0 heterocycles. The zero-order valence-electron chi connectivity index (χ0n) is 9.44. The van der Waals surface area contributed by atoms with Gasteiger partial charge in [-0.3, -0.25) is 0 Å². The Bertz CT molecular complexity index is 154. The van der Waals surface area contributed by atoms with E-state index < -0.39 is 0 Å². The zero-order chi connectivity index (χ0) is 11.6. The molecule has 0 aromatic rings. The summed E-state index contributed by atoms with van der Waals surface area (Å²) in [7, 11) is 0. The van der Waals surface area contributed by atoms with Crippen molar-refractivity contribution in [2.45, 2.75) is 12.8 Å². The van der Waals surface area contributed by atoms with E-state index in [0.717, 1.165) is 32.5 Å². The van der Waals surface area contributed by atoms with E-state index in [9.17, 15) is 0 Å². The van der Waals surface area contributed by atoms with Gasteiger partial charge in [0.15, 0.2) is 0 Å². The van der Waals surface area contributed by atoms with E-state index in [1.165, 1.54) is 0 Å². The maximum atomic E-state index is 9.05. The van der Waals surface area contributed by atoms with Crippen molar-refractivity contribution in [2.75, 3.05) is 46.0 Å². The van der Waals surface area contributed by atoms with Crippen molar-refractivity contribution in [2.24, 2.45) is 0 Å². The first-order valence-corrected chi connectivity index (χ1v) is 5.53. The minimum atomic E-state index is 0.130. The molecule has 0 fully saturated rings. The van der Waals surface area contributed by atoms with Crippen LogP contribution in [0.5, 0.6) is 0 Å². The van der Waals surface area contributed by atoms with E-state index in [1.807, 2.05) is 6.08 Å². The minimum Gasteiger partial charge on any atom is -0.396 e. The van der Waals surface area contributed by atoms with Crippen LogP contribution in [-0.2, 0) is 0 Å². The minimum absolute atomic E-state index is 0.130. The van der Waals surface area contributed by atoms with Gasteiger partial charge in [-0.2, -0.15) is 0 Å². The first kappa shape index (κ1) is 14.6. The Balaban J connectivity index is 4.32. The Labute approximate surface area is 92.1 Å². The van der Waals surface area contributed by atoms with Crippen molar-refractivity contribution in [3.05, 3.63) is 12.7 Å². The van der Waals surface area contributed by atoms with Crippen molar-refractivity contribution in [1.82, 2.24) is 0 Å². The maximum Gasteiger partial charge on any atom is 0.102 e. The second-order valence-corrected chi connectivity index (χ2v) is 3.86. The lowest BCUT2D eigenvalue weighted by Gasteiger charge is -2.37. The van der Waals surface area contributed by atoms with Gasteiger partial charge < -0.3 is 19.8 Å². The average Bonchev–Trinajstić information content (AvgIpc) is 2.24. The molecule has 0 radical (unpaired) electrons. The average molecular weight is 218 g/mol. The second-order valence-electron chi connectivity index (χ2n) is 3.86. The summed E-state index contributed by atoms with van der Waals surface area (Å²) in [6, 6.07) is 0. The molecule has 15 heavy (non-hydrogen) atoms. The third kappa shape index (κ3) is 5.89. The van der Waals surface area contributed by atoms with Crippen LogP contribution in [0.25, 0.3) is 0 Å². The molecule has 0 bridgehead atoms. The monoisotopic (exact) mass is 218 g/mol. The van der Waals surface area contributed by atoms with Gasteiger partial charge in [-0.15, -0.1) is 0 Å². The molecule has 0 spiro atoms.